The summed E-state index contributed by atoms with van der Waals surface area (Å²) < 4.78 is 14.4. The maximum Gasteiger partial charge on any atom is 0.331 e. The Morgan fingerprint density at radius 1 is 0.810 bits per heavy atom. The molecule has 0 aliphatic rings. The van der Waals surface area contributed by atoms with E-state index in [1.54, 1.807) is 20.8 Å². The van der Waals surface area contributed by atoms with Crippen molar-refractivity contribution in [2.75, 3.05) is 19.8 Å². The largest absolute Gasteiger partial charge is 0.466 e. The standard InChI is InChI=1S/C14H22O7/c1-5-19-11(16)8-9-14(10(4)15,12(17)20-6-2)13(18)21-7-3/h5-9H2,1-4H3. The highest BCUT2D eigenvalue weighted by molar-refractivity contribution is 6.19. The second-order valence-electron chi connectivity index (χ2n) is 4.21. The van der Waals surface area contributed by atoms with E-state index >= 15 is 0 Å². The Kier molecular flexibility index (Phi) is 8.26. The van der Waals surface area contributed by atoms with Crippen molar-refractivity contribution in [3.63, 3.8) is 0 Å². The van der Waals surface area contributed by atoms with E-state index in [0.717, 1.165) is 6.92 Å². The van der Waals surface area contributed by atoms with Gasteiger partial charge in [0.05, 0.1) is 19.8 Å². The van der Waals surface area contributed by atoms with Crippen molar-refractivity contribution < 1.29 is 33.4 Å². The van der Waals surface area contributed by atoms with Gasteiger partial charge in [0.25, 0.3) is 0 Å². The first-order valence-corrected chi connectivity index (χ1v) is 6.87. The highest BCUT2D eigenvalue weighted by Crippen LogP contribution is 2.30. The molecular formula is C14H22O7. The molecule has 0 heterocycles. The third-order valence-electron chi connectivity index (χ3n) is 2.86. The lowest BCUT2D eigenvalue weighted by atomic mass is 9.79. The molecule has 0 atom stereocenters. The molecule has 0 fully saturated rings. The van der Waals surface area contributed by atoms with Crippen molar-refractivity contribution >= 4 is 23.7 Å². The average Bonchev–Trinajstić information content (AvgIpc) is 2.40. The number of carbonyl (C=O) groups excluding carboxylic acids is 4. The number of hydrogen-bond acceptors (Lipinski definition) is 7. The van der Waals surface area contributed by atoms with Gasteiger partial charge in [0.1, 0.15) is 0 Å². The molecule has 0 spiro atoms. The molecule has 0 aliphatic heterocycles. The molecule has 120 valence electrons. The minimum Gasteiger partial charge on any atom is -0.466 e. The molecule has 7 heteroatoms. The molecule has 0 aliphatic carbocycles. The number of esters is 3. The van der Waals surface area contributed by atoms with Crippen LogP contribution >= 0.6 is 0 Å². The van der Waals surface area contributed by atoms with Crippen LogP contribution in [-0.2, 0) is 33.4 Å². The Hall–Kier alpha value is -1.92. The van der Waals surface area contributed by atoms with Gasteiger partial charge in [-0.15, -0.1) is 0 Å². The summed E-state index contributed by atoms with van der Waals surface area (Å²) in [5.41, 5.74) is -2.11. The molecule has 0 aromatic rings. The van der Waals surface area contributed by atoms with E-state index < -0.39 is 29.1 Å². The summed E-state index contributed by atoms with van der Waals surface area (Å²) in [5.74, 6) is -3.32. The van der Waals surface area contributed by atoms with Gasteiger partial charge < -0.3 is 14.2 Å². The van der Waals surface area contributed by atoms with E-state index in [1.807, 2.05) is 0 Å². The van der Waals surface area contributed by atoms with Crippen molar-refractivity contribution in [3.8, 4) is 0 Å². The van der Waals surface area contributed by atoms with Gasteiger partial charge in [0.15, 0.2) is 5.78 Å². The van der Waals surface area contributed by atoms with Crippen LogP contribution in [-0.4, -0.2) is 43.5 Å². The molecule has 0 N–H and O–H groups in total. The number of carbonyl (C=O) groups is 4. The van der Waals surface area contributed by atoms with Gasteiger partial charge in [-0.05, 0) is 34.1 Å². The fraction of sp³-hybridized carbons (Fsp3) is 0.714. The van der Waals surface area contributed by atoms with Crippen LogP contribution in [0.4, 0.5) is 0 Å². The number of hydrogen-bond donors (Lipinski definition) is 0. The van der Waals surface area contributed by atoms with Crippen LogP contribution in [0.25, 0.3) is 0 Å². The lowest BCUT2D eigenvalue weighted by molar-refractivity contribution is -0.175. The second kappa shape index (κ2) is 9.10. The van der Waals surface area contributed by atoms with Gasteiger partial charge in [-0.2, -0.15) is 0 Å². The van der Waals surface area contributed by atoms with Gasteiger partial charge in [-0.25, -0.2) is 0 Å². The van der Waals surface area contributed by atoms with E-state index in [1.165, 1.54) is 0 Å². The SMILES string of the molecule is CCOC(=O)CCC(C(C)=O)(C(=O)OCC)C(=O)OCC. The summed E-state index contributed by atoms with van der Waals surface area (Å²) in [7, 11) is 0. The van der Waals surface area contributed by atoms with E-state index in [2.05, 4.69) is 0 Å². The summed E-state index contributed by atoms with van der Waals surface area (Å²) in [6.45, 7) is 6.02. The molecule has 0 amide bonds. The van der Waals surface area contributed by atoms with Crippen molar-refractivity contribution in [1.82, 2.24) is 0 Å². The van der Waals surface area contributed by atoms with Crippen LogP contribution < -0.4 is 0 Å². The van der Waals surface area contributed by atoms with Gasteiger partial charge in [0, 0.05) is 6.42 Å². The minimum absolute atomic E-state index is 0.00662. The Bertz CT molecular complexity index is 382. The second-order valence-corrected chi connectivity index (χ2v) is 4.21. The minimum atomic E-state index is -2.11. The molecule has 7 nitrogen and oxygen atoms in total. The number of Topliss-reactive ketones (excluding diaryl/α,β-unsaturated/α-hetero) is 1. The summed E-state index contributed by atoms with van der Waals surface area (Å²) in [5, 5.41) is 0. The number of ketones is 1. The molecular weight excluding hydrogens is 280 g/mol. The van der Waals surface area contributed by atoms with E-state index in [9.17, 15) is 19.2 Å². The fourth-order valence-corrected chi connectivity index (χ4v) is 1.78. The Balaban J connectivity index is 5.38. The van der Waals surface area contributed by atoms with Gasteiger partial charge >= 0.3 is 17.9 Å². The fourth-order valence-electron chi connectivity index (χ4n) is 1.78. The molecule has 0 aromatic heterocycles. The monoisotopic (exact) mass is 302 g/mol. The van der Waals surface area contributed by atoms with Crippen LogP contribution in [0.3, 0.4) is 0 Å². The van der Waals surface area contributed by atoms with Gasteiger partial charge in [-0.3, -0.25) is 19.2 Å². The molecule has 0 aromatic carbocycles. The van der Waals surface area contributed by atoms with Gasteiger partial charge in [-0.1, -0.05) is 0 Å². The summed E-state index contributed by atoms with van der Waals surface area (Å²) in [6, 6.07) is 0. The number of rotatable bonds is 9. The van der Waals surface area contributed by atoms with Crippen molar-refractivity contribution in [2.45, 2.75) is 40.5 Å². The molecule has 0 saturated heterocycles. The average molecular weight is 302 g/mol. The van der Waals surface area contributed by atoms with Crippen LogP contribution in [0.2, 0.25) is 0 Å². The first-order chi connectivity index (χ1) is 9.86. The highest BCUT2D eigenvalue weighted by atomic mass is 16.6. The Morgan fingerprint density at radius 2 is 1.24 bits per heavy atom. The lowest BCUT2D eigenvalue weighted by Gasteiger charge is -2.26. The van der Waals surface area contributed by atoms with Crippen LogP contribution in [0, 0.1) is 5.41 Å². The predicted octanol–water partition coefficient (Wildman–Crippen LogP) is 1.03. The first-order valence-electron chi connectivity index (χ1n) is 6.87. The third-order valence-corrected chi connectivity index (χ3v) is 2.86. The van der Waals surface area contributed by atoms with Crippen molar-refractivity contribution in [1.29, 1.82) is 0 Å². The smallest absolute Gasteiger partial charge is 0.331 e. The topological polar surface area (TPSA) is 96.0 Å². The summed E-state index contributed by atoms with van der Waals surface area (Å²) >= 11 is 0. The molecule has 0 saturated carbocycles. The zero-order valence-corrected chi connectivity index (χ0v) is 12.9. The van der Waals surface area contributed by atoms with Crippen LogP contribution in [0.15, 0.2) is 0 Å². The van der Waals surface area contributed by atoms with Crippen molar-refractivity contribution in [2.24, 2.45) is 5.41 Å². The molecule has 0 unspecified atom stereocenters. The van der Waals surface area contributed by atoms with E-state index in [4.69, 9.17) is 14.2 Å². The normalized spacial score (nSPS) is 10.7. The number of ether oxygens (including phenoxy) is 3. The maximum atomic E-state index is 12.1. The maximum absolute atomic E-state index is 12.1. The molecule has 21 heavy (non-hydrogen) atoms. The van der Waals surface area contributed by atoms with Crippen molar-refractivity contribution in [3.05, 3.63) is 0 Å². The third kappa shape index (κ3) is 4.84. The van der Waals surface area contributed by atoms with E-state index in [-0.39, 0.29) is 32.7 Å². The Labute approximate surface area is 123 Å². The zero-order chi connectivity index (χ0) is 16.5. The van der Waals surface area contributed by atoms with E-state index in [0.29, 0.717) is 0 Å². The Morgan fingerprint density at radius 3 is 1.57 bits per heavy atom. The summed E-state index contributed by atoms with van der Waals surface area (Å²) in [6.07, 6.45) is -0.593. The van der Waals surface area contributed by atoms with Crippen LogP contribution in [0.1, 0.15) is 40.5 Å². The predicted molar refractivity (Wildman–Crippen MR) is 72.2 cm³/mol. The zero-order valence-electron chi connectivity index (χ0n) is 12.9. The highest BCUT2D eigenvalue weighted by Gasteiger charge is 2.53. The lowest BCUT2D eigenvalue weighted by Crippen LogP contribution is -2.48. The molecule has 0 radical (unpaired) electrons. The molecule has 0 bridgehead atoms. The first kappa shape index (κ1) is 19.1. The quantitative estimate of drug-likeness (QED) is 0.356. The summed E-state index contributed by atoms with van der Waals surface area (Å²) in [4.78, 5) is 47.5. The van der Waals surface area contributed by atoms with Gasteiger partial charge in [0.2, 0.25) is 5.41 Å². The molecule has 0 rings (SSSR count). The van der Waals surface area contributed by atoms with Crippen LogP contribution in [0.5, 0.6) is 0 Å².